The molecule has 6 atom stereocenters. The van der Waals surface area contributed by atoms with E-state index in [1.807, 2.05) is 4.98 Å². The second-order valence-corrected chi connectivity index (χ2v) is 10.0. The van der Waals surface area contributed by atoms with Crippen LogP contribution in [0.3, 0.4) is 0 Å². The van der Waals surface area contributed by atoms with Crippen LogP contribution in [0.4, 0.5) is 4.39 Å². The average molecular weight is 521 g/mol. The molecule has 16 nitrogen and oxygen atoms in total. The highest BCUT2D eigenvalue weighted by atomic mass is 32.1. The minimum atomic E-state index is -6.31. The number of phosphoric ester groups is 1. The number of halogens is 1. The summed E-state index contributed by atoms with van der Waals surface area (Å²) in [4.78, 5) is 49.4. The molecule has 2 heterocycles. The van der Waals surface area contributed by atoms with E-state index in [4.69, 9.17) is 18.8 Å². The number of nitrogens with one attached hydrogen (secondary N) is 1. The van der Waals surface area contributed by atoms with Crippen LogP contribution >= 0.6 is 35.7 Å². The summed E-state index contributed by atoms with van der Waals surface area (Å²) >= 11 is 4.65. The smallest absolute Gasteiger partial charge is 0.385 e. The SMILES string of the molecule is [2H]C([2H])(OP(=O)(O)OP(=O)(O)OP(=O)(O)O)[C@@]1(F)O[C@@]([2H])(n2ccc(=S)[nH]c2=O)[C@H](O)[C@@H]1O. The summed E-state index contributed by atoms with van der Waals surface area (Å²) in [7, 11) is -18.2. The van der Waals surface area contributed by atoms with Gasteiger partial charge < -0.3 is 34.5 Å². The second-order valence-electron chi connectivity index (χ2n) is 5.24. The molecule has 1 saturated heterocycles. The molecule has 1 aliphatic heterocycles. The Kier molecular flexibility index (Phi) is 6.14. The fraction of sp³-hybridized carbons (Fsp3) is 0.556. The van der Waals surface area contributed by atoms with Crippen molar-refractivity contribution >= 4 is 35.7 Å². The van der Waals surface area contributed by atoms with Crippen molar-refractivity contribution in [1.82, 2.24) is 9.55 Å². The monoisotopic (exact) mass is 521 g/mol. The third kappa shape index (κ3) is 6.41. The van der Waals surface area contributed by atoms with E-state index in [1.54, 1.807) is 0 Å². The molecule has 1 aromatic rings. The molecule has 0 saturated carbocycles. The lowest BCUT2D eigenvalue weighted by Crippen LogP contribution is -2.43. The molecule has 1 aliphatic rings. The Balaban J connectivity index is 2.40. The standard InChI is InChI=1S/C9H14FN2O14P3S/c10-9(3-23-28(19,20)26-29(21,22)25-27(16,17)18)6(14)5(13)7(24-9)12-2-1-4(30)11-8(12)15/h1-2,5-7,13-14H,3H2,(H,19,20)(H,21,22)(H,11,15,30)(H2,16,17,18)/t5-,6+,7-,9-/m1/s1/i3D2,7D. The molecule has 0 aliphatic carbocycles. The van der Waals surface area contributed by atoms with Gasteiger partial charge in [0.1, 0.15) is 23.4 Å². The Labute approximate surface area is 174 Å². The first-order chi connectivity index (χ1) is 14.6. The first-order valence-corrected chi connectivity index (χ1v) is 11.9. The lowest BCUT2D eigenvalue weighted by Gasteiger charge is -2.24. The van der Waals surface area contributed by atoms with Crippen LogP contribution in [0, 0.1) is 4.64 Å². The van der Waals surface area contributed by atoms with Gasteiger partial charge in [0.25, 0.3) is 5.85 Å². The van der Waals surface area contributed by atoms with Gasteiger partial charge in [-0.1, -0.05) is 12.2 Å². The van der Waals surface area contributed by atoms with Crippen molar-refractivity contribution in [3.05, 3.63) is 27.4 Å². The molecule has 0 amide bonds. The van der Waals surface area contributed by atoms with Gasteiger partial charge in [0, 0.05) is 6.20 Å². The number of alkyl halides is 1. The summed E-state index contributed by atoms with van der Waals surface area (Å²) in [6.07, 6.45) is -8.48. The third-order valence-corrected chi connectivity index (χ3v) is 6.85. The van der Waals surface area contributed by atoms with Crippen molar-refractivity contribution < 1.29 is 69.9 Å². The van der Waals surface area contributed by atoms with Crippen LogP contribution in [0.15, 0.2) is 17.1 Å². The number of rotatable bonds is 8. The lowest BCUT2D eigenvalue weighted by atomic mass is 10.1. The van der Waals surface area contributed by atoms with Crippen LogP contribution in [0.5, 0.6) is 0 Å². The van der Waals surface area contributed by atoms with Gasteiger partial charge in [-0.2, -0.15) is 8.62 Å². The number of nitrogens with zero attached hydrogens (tertiary/aromatic N) is 1. The van der Waals surface area contributed by atoms with Crippen LogP contribution in [-0.2, 0) is 31.6 Å². The highest BCUT2D eigenvalue weighted by molar-refractivity contribution is 7.71. The fourth-order valence-corrected chi connectivity index (χ4v) is 4.92. The number of aliphatic hydroxyl groups excluding tert-OH is 2. The second kappa shape index (κ2) is 8.69. The highest BCUT2D eigenvalue weighted by Gasteiger charge is 2.57. The predicted octanol–water partition coefficient (Wildman–Crippen LogP) is -0.834. The van der Waals surface area contributed by atoms with E-state index in [0.717, 1.165) is 6.07 Å². The summed E-state index contributed by atoms with van der Waals surface area (Å²) < 4.78 is 87.1. The zero-order valence-electron chi connectivity index (χ0n) is 16.8. The van der Waals surface area contributed by atoms with Crippen molar-refractivity contribution in [3.8, 4) is 0 Å². The zero-order valence-corrected chi connectivity index (χ0v) is 17.3. The molecular weight excluding hydrogens is 504 g/mol. The van der Waals surface area contributed by atoms with Gasteiger partial charge in [-0.25, -0.2) is 22.9 Å². The zero-order chi connectivity index (χ0) is 25.8. The number of aromatic nitrogens is 2. The first-order valence-electron chi connectivity index (χ1n) is 8.47. The van der Waals surface area contributed by atoms with Crippen LogP contribution in [0.1, 0.15) is 10.3 Å². The maximum atomic E-state index is 15.4. The van der Waals surface area contributed by atoms with Crippen molar-refractivity contribution in [2.75, 3.05) is 6.56 Å². The molecular formula is C9H14FN2O14P3S. The average Bonchev–Trinajstić information content (AvgIpc) is 2.72. The summed E-state index contributed by atoms with van der Waals surface area (Å²) in [5.74, 6) is -4.44. The van der Waals surface area contributed by atoms with Crippen molar-refractivity contribution in [3.63, 3.8) is 0 Å². The van der Waals surface area contributed by atoms with Gasteiger partial charge in [0.15, 0.2) is 6.20 Å². The van der Waals surface area contributed by atoms with E-state index in [9.17, 15) is 33.6 Å². The van der Waals surface area contributed by atoms with Gasteiger partial charge in [0.2, 0.25) is 0 Å². The number of H-pyrrole nitrogens is 1. The van der Waals surface area contributed by atoms with E-state index >= 15 is 4.39 Å². The van der Waals surface area contributed by atoms with Crippen molar-refractivity contribution in [2.45, 2.75) is 24.3 Å². The number of phosphoric acid groups is 3. The largest absolute Gasteiger partial charge is 0.490 e. The molecule has 0 radical (unpaired) electrons. The Morgan fingerprint density at radius 3 is 2.43 bits per heavy atom. The van der Waals surface area contributed by atoms with Gasteiger partial charge in [-0.15, -0.1) is 0 Å². The van der Waals surface area contributed by atoms with E-state index in [0.29, 0.717) is 6.20 Å². The summed E-state index contributed by atoms with van der Waals surface area (Å²) in [5.41, 5.74) is -1.29. The molecule has 1 fully saturated rings. The van der Waals surface area contributed by atoms with Gasteiger partial charge in [-0.3, -0.25) is 14.1 Å². The van der Waals surface area contributed by atoms with E-state index < -0.39 is 60.0 Å². The topological polar surface area (TPSA) is 247 Å². The Bertz CT molecular complexity index is 1190. The lowest BCUT2D eigenvalue weighted by molar-refractivity contribution is -0.204. The molecule has 30 heavy (non-hydrogen) atoms. The number of hydrogen-bond donors (Lipinski definition) is 7. The van der Waals surface area contributed by atoms with Gasteiger partial charge in [0.05, 0.1) is 4.11 Å². The Morgan fingerprint density at radius 2 is 1.90 bits per heavy atom. The van der Waals surface area contributed by atoms with Crippen molar-refractivity contribution in [2.24, 2.45) is 0 Å². The summed E-state index contributed by atoms with van der Waals surface area (Å²) in [5, 5.41) is 20.1. The molecule has 0 bridgehead atoms. The predicted molar refractivity (Wildman–Crippen MR) is 91.7 cm³/mol. The molecule has 2 unspecified atom stereocenters. The summed E-state index contributed by atoms with van der Waals surface area (Å²) in [6.45, 7) is -4.41. The maximum Gasteiger partial charge on any atom is 0.490 e. The Morgan fingerprint density at radius 1 is 1.30 bits per heavy atom. The summed E-state index contributed by atoms with van der Waals surface area (Å²) in [6, 6.07) is 0.967. The van der Waals surface area contributed by atoms with Crippen LogP contribution in [0.25, 0.3) is 0 Å². The van der Waals surface area contributed by atoms with Crippen molar-refractivity contribution in [1.29, 1.82) is 0 Å². The van der Waals surface area contributed by atoms with E-state index in [2.05, 4.69) is 30.1 Å². The minimum Gasteiger partial charge on any atom is -0.385 e. The van der Waals surface area contributed by atoms with Crippen LogP contribution in [-0.4, -0.2) is 64.0 Å². The molecule has 0 aromatic carbocycles. The molecule has 7 N–H and O–H groups in total. The van der Waals surface area contributed by atoms with Crippen LogP contribution in [0.2, 0.25) is 0 Å². The third-order valence-electron chi connectivity index (χ3n) is 2.96. The molecule has 1 aromatic heterocycles. The Hall–Kier alpha value is -0.680. The van der Waals surface area contributed by atoms with Gasteiger partial charge >= 0.3 is 29.2 Å². The maximum absolute atomic E-state index is 15.4. The highest BCUT2D eigenvalue weighted by Crippen LogP contribution is 2.66. The number of aromatic amines is 1. The van der Waals surface area contributed by atoms with E-state index in [1.165, 1.54) is 0 Å². The number of aliphatic hydroxyl groups is 2. The minimum absolute atomic E-state index is 0.138. The molecule has 172 valence electrons. The first kappa shape index (κ1) is 21.2. The fourth-order valence-electron chi connectivity index (χ4n) is 1.89. The molecule has 21 heteroatoms. The van der Waals surface area contributed by atoms with E-state index in [-0.39, 0.29) is 9.21 Å². The normalized spacial score (nSPS) is 35.6. The molecule has 2 rings (SSSR count). The number of ether oxygens (including phenoxy) is 1. The van der Waals surface area contributed by atoms with Crippen LogP contribution < -0.4 is 5.69 Å². The quantitative estimate of drug-likeness (QED) is 0.163. The number of hydrogen-bond acceptors (Lipinski definition) is 11. The molecule has 0 spiro atoms. The van der Waals surface area contributed by atoms with Gasteiger partial charge in [-0.05, 0) is 6.07 Å².